The van der Waals surface area contributed by atoms with Crippen molar-refractivity contribution in [1.82, 2.24) is 0 Å². The van der Waals surface area contributed by atoms with Crippen molar-refractivity contribution in [3.05, 3.63) is 0 Å². The zero-order chi connectivity index (χ0) is 42.9. The van der Waals surface area contributed by atoms with E-state index in [1.165, 1.54) is 0 Å². The molecule has 0 aromatic heterocycles. The van der Waals surface area contributed by atoms with Gasteiger partial charge in [0, 0.05) is 6.42 Å². The van der Waals surface area contributed by atoms with E-state index in [9.17, 15) is 123 Å². The lowest BCUT2D eigenvalue weighted by molar-refractivity contribution is -0.480. The van der Waals surface area contributed by atoms with Gasteiger partial charge in [0.25, 0.3) is 0 Å². The highest BCUT2D eigenvalue weighted by Crippen LogP contribution is 2.68. The highest BCUT2D eigenvalue weighted by atomic mass is 35.8. The van der Waals surface area contributed by atoms with E-state index in [4.69, 9.17) is 33.2 Å². The largest absolute Gasteiger partial charge is 0.460 e. The smallest absolute Gasteiger partial charge is 0.200 e. The maximum absolute atomic E-state index is 13.6. The van der Waals surface area contributed by atoms with E-state index in [0.717, 1.165) is 0 Å². The summed E-state index contributed by atoms with van der Waals surface area (Å²) in [6.07, 6.45) is -13.4. The molecule has 0 bridgehead atoms. The Kier molecular flexibility index (Phi) is 15.0. The summed E-state index contributed by atoms with van der Waals surface area (Å²) in [5.41, 5.74) is -7.31. The number of hydrogen-bond acceptors (Lipinski definition) is 0. The van der Waals surface area contributed by atoms with Crippen molar-refractivity contribution in [2.75, 3.05) is 0 Å². The average Bonchev–Trinajstić information content (AvgIpc) is 2.84. The zero-order valence-electron chi connectivity index (χ0n) is 21.8. The number of alkyl halides is 28. The molecule has 0 aliphatic carbocycles. The molecule has 0 unspecified atom stereocenters. The van der Waals surface area contributed by atoms with Crippen molar-refractivity contribution in [2.24, 2.45) is 0 Å². The lowest BCUT2D eigenvalue weighted by atomic mass is 9.85. The summed E-state index contributed by atoms with van der Waals surface area (Å²) in [5.74, 6) is -92.3. The second-order valence-corrected chi connectivity index (χ2v) is 26.8. The Bertz CT molecular complexity index is 1110. The zero-order valence-corrected chi connectivity index (χ0v) is 28.3. The minimum Gasteiger partial charge on any atom is -0.200 e. The van der Waals surface area contributed by atoms with Crippen molar-refractivity contribution >= 4 is 78.5 Å². The quantitative estimate of drug-likeness (QED) is 0.0980. The highest BCUT2D eigenvalue weighted by molar-refractivity contribution is 7.65. The summed E-state index contributed by atoms with van der Waals surface area (Å²) in [7, 11) is 0. The third-order valence-electron chi connectivity index (χ3n) is 5.35. The van der Waals surface area contributed by atoms with Crippen LogP contribution < -0.4 is 0 Å². The molecule has 36 heteroatoms. The first-order valence-corrected chi connectivity index (χ1v) is 20.9. The molecule has 0 amide bonds. The Labute approximate surface area is 290 Å². The molecule has 0 spiro atoms. The molecule has 51 heavy (non-hydrogen) atoms. The third kappa shape index (κ3) is 8.79. The van der Waals surface area contributed by atoms with Gasteiger partial charge in [-0.25, -0.2) is 0 Å². The fraction of sp³-hybridized carbons (Fsp3) is 1.00. The number of halogens is 34. The highest BCUT2D eigenvalue weighted by Gasteiger charge is 3.00. The first-order valence-electron chi connectivity index (χ1n) is 10.6. The predicted molar refractivity (Wildman–Crippen MR) is 123 cm³/mol. The van der Waals surface area contributed by atoms with Crippen LogP contribution in [0.1, 0.15) is 6.42 Å². The van der Waals surface area contributed by atoms with Gasteiger partial charge < -0.3 is 0 Å². The van der Waals surface area contributed by atoms with Gasteiger partial charge in [0.15, 0.2) is 0 Å². The molecule has 0 aromatic rings. The van der Waals surface area contributed by atoms with Crippen LogP contribution in [-0.4, -0.2) is 89.1 Å². The molecule has 0 fully saturated rings. The molecule has 310 valence electrons. The average molecular weight is 985 g/mol. The van der Waals surface area contributed by atoms with Crippen molar-refractivity contribution in [2.45, 2.75) is 89.6 Å². The summed E-state index contributed by atoms with van der Waals surface area (Å²) in [6, 6.07) is -10.4. The van der Waals surface area contributed by atoms with Gasteiger partial charge in [-0.3, -0.25) is 0 Å². The van der Waals surface area contributed by atoms with Crippen molar-refractivity contribution in [3.63, 3.8) is 0 Å². The van der Waals surface area contributed by atoms with Gasteiger partial charge in [0.05, 0.1) is 0 Å². The topological polar surface area (TPSA) is 0 Å². The normalized spacial score (nSPS) is 16.6. The van der Waals surface area contributed by atoms with Crippen LogP contribution in [-0.2, 0) is 0 Å². The summed E-state index contributed by atoms with van der Waals surface area (Å²) in [5, 5.41) is 0. The summed E-state index contributed by atoms with van der Waals surface area (Å²) < 4.78 is 365. The summed E-state index contributed by atoms with van der Waals surface area (Å²) >= 11 is 28.2. The van der Waals surface area contributed by atoms with E-state index in [0.29, 0.717) is 0 Å². The van der Waals surface area contributed by atoms with Gasteiger partial charge in [-0.2, -0.15) is 123 Å². The van der Waals surface area contributed by atoms with Crippen LogP contribution in [0.2, 0.25) is 6.04 Å². The molecular weight excluding hydrogens is 981 g/mol. The molecule has 0 atom stereocenters. The van der Waals surface area contributed by atoms with E-state index in [1.54, 1.807) is 0 Å². The van der Waals surface area contributed by atoms with Crippen LogP contribution in [0.25, 0.3) is 0 Å². The Hall–Kier alpha value is 0.214. The van der Waals surface area contributed by atoms with Gasteiger partial charge in [0.2, 0.25) is 0 Å². The molecule has 0 heterocycles. The Morgan fingerprint density at radius 1 is 0.294 bits per heavy atom. The van der Waals surface area contributed by atoms with Gasteiger partial charge in [0.1, 0.15) is 0 Å². The first kappa shape index (κ1) is 53.3. The molecule has 0 aliphatic heterocycles. The molecular formula is C15H4Cl6F28Si2. The van der Waals surface area contributed by atoms with E-state index in [1.807, 2.05) is 0 Å². The van der Waals surface area contributed by atoms with Crippen LogP contribution >= 0.6 is 66.5 Å². The van der Waals surface area contributed by atoms with Crippen LogP contribution in [0.3, 0.4) is 0 Å². The van der Waals surface area contributed by atoms with E-state index < -0.39 is 95.6 Å². The molecule has 0 N–H and O–H groups in total. The molecule has 0 rings (SSSR count). The van der Waals surface area contributed by atoms with Crippen molar-refractivity contribution in [3.8, 4) is 0 Å². The molecule has 0 nitrogen and oxygen atoms in total. The Balaban J connectivity index is 0. The summed E-state index contributed by atoms with van der Waals surface area (Å²) in [6.45, 7) is 0. The van der Waals surface area contributed by atoms with Crippen LogP contribution in [0.15, 0.2) is 0 Å². The van der Waals surface area contributed by atoms with Crippen molar-refractivity contribution in [1.29, 1.82) is 0 Å². The fourth-order valence-corrected chi connectivity index (χ4v) is 5.41. The van der Waals surface area contributed by atoms with E-state index >= 15 is 0 Å². The second kappa shape index (κ2) is 14.3. The molecule has 0 saturated carbocycles. The van der Waals surface area contributed by atoms with Gasteiger partial charge in [-0.05, 0) is 6.04 Å². The minimum absolute atomic E-state index is 0.360. The Morgan fingerprint density at radius 2 is 0.490 bits per heavy atom. The predicted octanol–water partition coefficient (Wildman–Crippen LogP) is 13.3. The monoisotopic (exact) mass is 982 g/mol. The maximum atomic E-state index is 13.6. The molecule has 0 saturated heterocycles. The van der Waals surface area contributed by atoms with Crippen molar-refractivity contribution < 1.29 is 123 Å². The molecule has 0 aliphatic rings. The van der Waals surface area contributed by atoms with Crippen LogP contribution in [0.4, 0.5) is 123 Å². The lowest BCUT2D eigenvalue weighted by Crippen LogP contribution is -2.78. The first-order chi connectivity index (χ1) is 21.2. The SMILES string of the molecule is FC(F)(F)C(F)(F)C(F)(F)C(F)(F)C(F)(F)C(F)(F)C(F)(F)C(F)(F)C(F)(F)C(F)(F)C(F)(F)C(F)(F)[Si](Cl)(Cl)Cl.FC(F)(F)CC[Si](Cl)(Cl)Cl. The fourth-order valence-electron chi connectivity index (χ4n) is 2.41. The number of hydrogen-bond donors (Lipinski definition) is 0. The van der Waals surface area contributed by atoms with Crippen LogP contribution in [0.5, 0.6) is 0 Å². The van der Waals surface area contributed by atoms with E-state index in [-0.39, 0.29) is 6.04 Å². The molecule has 0 aromatic carbocycles. The minimum atomic E-state index is -9.64. The van der Waals surface area contributed by atoms with Gasteiger partial charge >= 0.3 is 89.1 Å². The molecule has 0 radical (unpaired) electrons. The van der Waals surface area contributed by atoms with Gasteiger partial charge in [-0.15, -0.1) is 66.5 Å². The van der Waals surface area contributed by atoms with Gasteiger partial charge in [-0.1, -0.05) is 0 Å². The lowest BCUT2D eigenvalue weighted by Gasteiger charge is -2.45. The maximum Gasteiger partial charge on any atom is 0.460 e. The second-order valence-electron chi connectivity index (χ2n) is 9.04. The number of rotatable bonds is 13. The Morgan fingerprint density at radius 3 is 0.627 bits per heavy atom. The van der Waals surface area contributed by atoms with Crippen LogP contribution in [0, 0.1) is 0 Å². The summed E-state index contributed by atoms with van der Waals surface area (Å²) in [4.78, 5) is 0. The van der Waals surface area contributed by atoms with E-state index in [2.05, 4.69) is 33.2 Å². The third-order valence-corrected chi connectivity index (χ3v) is 11.0. The standard InChI is InChI=1S/C12Cl3F25Si.C3H4Cl3F3Si/c13-41(14,15)12(39,40)10(34,35)8(30,31)6(26,27)4(22,23)2(18,19)1(16,17)3(20,21)5(24,25)7(28,29)9(32,33)11(36,37)38;4-10(5,6)2-1-3(7,8)9/h;1-2H2.